The molecule has 1 atom stereocenters. The van der Waals surface area contributed by atoms with E-state index in [2.05, 4.69) is 21.2 Å². The molecule has 2 rings (SSSR count). The first-order valence-corrected chi connectivity index (χ1v) is 5.85. The summed E-state index contributed by atoms with van der Waals surface area (Å²) in [6.45, 7) is 0.364. The second kappa shape index (κ2) is 3.92. The van der Waals surface area contributed by atoms with Gasteiger partial charge in [0.2, 0.25) is 5.91 Å². The Balaban J connectivity index is 2.36. The van der Waals surface area contributed by atoms with E-state index in [1.165, 1.54) is 11.8 Å². The van der Waals surface area contributed by atoms with Crippen LogP contribution in [0.1, 0.15) is 0 Å². The van der Waals surface area contributed by atoms with Gasteiger partial charge in [-0.25, -0.2) is 0 Å². The number of nitrogens with one attached hydrogen (secondary N) is 1. The molecular weight excluding hydrogens is 264 g/mol. The van der Waals surface area contributed by atoms with Crippen LogP contribution in [0, 0.1) is 0 Å². The minimum absolute atomic E-state index is 0.00711. The van der Waals surface area contributed by atoms with E-state index >= 15 is 0 Å². The highest BCUT2D eigenvalue weighted by Gasteiger charge is 2.25. The summed E-state index contributed by atoms with van der Waals surface area (Å²) < 4.78 is 1.01. The number of anilines is 1. The molecule has 1 aromatic rings. The van der Waals surface area contributed by atoms with Crippen molar-refractivity contribution >= 4 is 39.3 Å². The van der Waals surface area contributed by atoms with Crippen molar-refractivity contribution in [1.82, 2.24) is 0 Å². The van der Waals surface area contributed by atoms with Crippen molar-refractivity contribution in [3.8, 4) is 0 Å². The predicted octanol–water partition coefficient (Wildman–Crippen LogP) is 1.82. The number of benzene rings is 1. The van der Waals surface area contributed by atoms with E-state index in [1.807, 2.05) is 18.2 Å². The number of rotatable bonds is 1. The molecular formula is C9H9BrN2OS. The Labute approximate surface area is 94.6 Å². The van der Waals surface area contributed by atoms with Crippen LogP contribution in [0.4, 0.5) is 5.69 Å². The van der Waals surface area contributed by atoms with Crippen LogP contribution >= 0.6 is 27.7 Å². The van der Waals surface area contributed by atoms with Crippen molar-refractivity contribution in [2.24, 2.45) is 5.73 Å². The summed E-state index contributed by atoms with van der Waals surface area (Å²) in [6.07, 6.45) is 0. The van der Waals surface area contributed by atoms with Gasteiger partial charge in [0.1, 0.15) is 5.25 Å². The fourth-order valence-corrected chi connectivity index (χ4v) is 2.79. The normalized spacial score (nSPS) is 20.1. The fourth-order valence-electron chi connectivity index (χ4n) is 1.27. The van der Waals surface area contributed by atoms with Gasteiger partial charge in [-0.3, -0.25) is 4.79 Å². The lowest BCUT2D eigenvalue weighted by atomic mass is 10.3. The molecule has 0 aromatic heterocycles. The van der Waals surface area contributed by atoms with Gasteiger partial charge in [-0.15, -0.1) is 11.8 Å². The van der Waals surface area contributed by atoms with Crippen LogP contribution in [0.5, 0.6) is 0 Å². The number of carbonyl (C=O) groups is 1. The Hall–Kier alpha value is -0.520. The number of hydrogen-bond acceptors (Lipinski definition) is 3. The molecule has 1 aliphatic heterocycles. The molecule has 0 saturated carbocycles. The van der Waals surface area contributed by atoms with Crippen molar-refractivity contribution in [3.05, 3.63) is 22.7 Å². The van der Waals surface area contributed by atoms with Gasteiger partial charge in [0.05, 0.1) is 5.69 Å². The van der Waals surface area contributed by atoms with Crippen LogP contribution in [0.25, 0.3) is 0 Å². The van der Waals surface area contributed by atoms with Gasteiger partial charge in [-0.05, 0) is 18.2 Å². The highest BCUT2D eigenvalue weighted by Crippen LogP contribution is 2.36. The monoisotopic (exact) mass is 272 g/mol. The minimum Gasteiger partial charge on any atom is -0.329 e. The van der Waals surface area contributed by atoms with Crippen LogP contribution in [-0.4, -0.2) is 17.7 Å². The molecule has 0 bridgehead atoms. The second-order valence-corrected chi connectivity index (χ2v) is 5.13. The molecule has 1 heterocycles. The third-order valence-corrected chi connectivity index (χ3v) is 3.75. The predicted molar refractivity (Wildman–Crippen MR) is 61.5 cm³/mol. The Morgan fingerprint density at radius 1 is 1.57 bits per heavy atom. The van der Waals surface area contributed by atoms with E-state index in [-0.39, 0.29) is 11.2 Å². The minimum atomic E-state index is -0.170. The van der Waals surface area contributed by atoms with Gasteiger partial charge in [0, 0.05) is 15.9 Å². The van der Waals surface area contributed by atoms with Crippen molar-refractivity contribution in [2.75, 3.05) is 11.9 Å². The van der Waals surface area contributed by atoms with Crippen LogP contribution in [-0.2, 0) is 4.79 Å². The van der Waals surface area contributed by atoms with E-state index in [4.69, 9.17) is 5.73 Å². The summed E-state index contributed by atoms with van der Waals surface area (Å²) in [7, 11) is 0. The lowest BCUT2D eigenvalue weighted by Gasteiger charge is -2.22. The Kier molecular flexibility index (Phi) is 2.80. The molecule has 0 spiro atoms. The van der Waals surface area contributed by atoms with Crippen LogP contribution in [0.3, 0.4) is 0 Å². The third kappa shape index (κ3) is 1.80. The number of nitrogens with two attached hydrogens (primary N) is 1. The van der Waals surface area contributed by atoms with E-state index < -0.39 is 0 Å². The van der Waals surface area contributed by atoms with Gasteiger partial charge in [0.25, 0.3) is 0 Å². The van der Waals surface area contributed by atoms with E-state index in [0.717, 1.165) is 15.1 Å². The Morgan fingerprint density at radius 3 is 3.07 bits per heavy atom. The van der Waals surface area contributed by atoms with Gasteiger partial charge in [0.15, 0.2) is 0 Å². The maximum absolute atomic E-state index is 11.4. The lowest BCUT2D eigenvalue weighted by molar-refractivity contribution is -0.115. The maximum Gasteiger partial charge on any atom is 0.239 e. The number of hydrogen-bond donors (Lipinski definition) is 2. The van der Waals surface area contributed by atoms with Crippen LogP contribution in [0.2, 0.25) is 0 Å². The molecule has 5 heteroatoms. The van der Waals surface area contributed by atoms with Crippen molar-refractivity contribution in [3.63, 3.8) is 0 Å². The number of fused-ring (bicyclic) bond motifs is 1. The largest absolute Gasteiger partial charge is 0.329 e. The van der Waals surface area contributed by atoms with Crippen molar-refractivity contribution < 1.29 is 4.79 Å². The number of halogens is 1. The summed E-state index contributed by atoms with van der Waals surface area (Å²) >= 11 is 4.90. The average Bonchev–Trinajstić information content (AvgIpc) is 2.17. The lowest BCUT2D eigenvalue weighted by Crippen LogP contribution is -2.34. The molecule has 3 N–H and O–H groups in total. The van der Waals surface area contributed by atoms with Gasteiger partial charge < -0.3 is 11.1 Å². The summed E-state index contributed by atoms with van der Waals surface area (Å²) in [5.41, 5.74) is 6.36. The molecule has 0 radical (unpaired) electrons. The molecule has 3 nitrogen and oxygen atoms in total. The molecule has 1 aromatic carbocycles. The zero-order chi connectivity index (χ0) is 10.1. The van der Waals surface area contributed by atoms with E-state index in [1.54, 1.807) is 0 Å². The number of carbonyl (C=O) groups excluding carboxylic acids is 1. The molecule has 1 unspecified atom stereocenters. The molecule has 14 heavy (non-hydrogen) atoms. The first-order chi connectivity index (χ1) is 6.70. The van der Waals surface area contributed by atoms with Crippen LogP contribution < -0.4 is 11.1 Å². The second-order valence-electron chi connectivity index (χ2n) is 2.97. The van der Waals surface area contributed by atoms with Gasteiger partial charge in [-0.1, -0.05) is 15.9 Å². The fraction of sp³-hybridized carbons (Fsp3) is 0.222. The summed E-state index contributed by atoms with van der Waals surface area (Å²) in [5, 5.41) is 2.66. The number of amides is 1. The zero-order valence-electron chi connectivity index (χ0n) is 7.29. The summed E-state index contributed by atoms with van der Waals surface area (Å²) in [5.74, 6) is -0.00711. The maximum atomic E-state index is 11.4. The van der Waals surface area contributed by atoms with E-state index in [0.29, 0.717) is 6.54 Å². The molecule has 0 saturated heterocycles. The van der Waals surface area contributed by atoms with Gasteiger partial charge >= 0.3 is 0 Å². The highest BCUT2D eigenvalue weighted by atomic mass is 79.9. The first kappa shape index (κ1) is 10.0. The zero-order valence-corrected chi connectivity index (χ0v) is 9.69. The molecule has 74 valence electrons. The summed E-state index contributed by atoms with van der Waals surface area (Å²) in [4.78, 5) is 12.5. The number of thioether (sulfide) groups is 1. The molecule has 0 fully saturated rings. The van der Waals surface area contributed by atoms with Crippen molar-refractivity contribution in [2.45, 2.75) is 10.1 Å². The SMILES string of the molecule is NCC1Sc2cc(Br)ccc2NC1=O. The van der Waals surface area contributed by atoms with Gasteiger partial charge in [-0.2, -0.15) is 0 Å². The Morgan fingerprint density at radius 2 is 2.36 bits per heavy atom. The topological polar surface area (TPSA) is 55.1 Å². The van der Waals surface area contributed by atoms with E-state index in [9.17, 15) is 4.79 Å². The Bertz CT molecular complexity index is 383. The first-order valence-electron chi connectivity index (χ1n) is 4.18. The quantitative estimate of drug-likeness (QED) is 0.820. The molecule has 1 amide bonds. The van der Waals surface area contributed by atoms with Crippen LogP contribution in [0.15, 0.2) is 27.6 Å². The molecule has 1 aliphatic rings. The highest BCUT2D eigenvalue weighted by molar-refractivity contribution is 9.10. The average molecular weight is 273 g/mol. The van der Waals surface area contributed by atoms with Crippen molar-refractivity contribution in [1.29, 1.82) is 0 Å². The standard InChI is InChI=1S/C9H9BrN2OS/c10-5-1-2-6-7(3-5)14-8(4-11)9(13)12-6/h1-3,8H,4,11H2,(H,12,13). The molecule has 0 aliphatic carbocycles. The smallest absolute Gasteiger partial charge is 0.239 e. The third-order valence-electron chi connectivity index (χ3n) is 1.98. The summed E-state index contributed by atoms with van der Waals surface area (Å²) in [6, 6.07) is 5.78.